The third-order valence-electron chi connectivity index (χ3n) is 4.42. The zero-order valence-corrected chi connectivity index (χ0v) is 12.5. The van der Waals surface area contributed by atoms with Gasteiger partial charge in [-0.2, -0.15) is 0 Å². The zero-order valence-electron chi connectivity index (χ0n) is 11.7. The molecule has 4 rings (SSSR count). The number of Topliss-reactive ketones (excluding diaryl/α,β-unsaturated/α-hetero) is 1. The topological polar surface area (TPSA) is 17.1 Å². The Balaban J connectivity index is 1.82. The van der Waals surface area contributed by atoms with Gasteiger partial charge < -0.3 is 0 Å². The second-order valence-electron chi connectivity index (χ2n) is 5.63. The summed E-state index contributed by atoms with van der Waals surface area (Å²) in [5, 5.41) is 4.34. The molecule has 2 aromatic carbocycles. The number of hydrogen-bond acceptors (Lipinski definition) is 2. The molecule has 0 aliphatic heterocycles. The second kappa shape index (κ2) is 5.12. The molecule has 0 saturated carbocycles. The Morgan fingerprint density at radius 3 is 2.86 bits per heavy atom. The number of carbonyl (C=O) groups excluding carboxylic acids is 1. The number of benzene rings is 2. The molecule has 21 heavy (non-hydrogen) atoms. The van der Waals surface area contributed by atoms with E-state index in [1.54, 1.807) is 11.3 Å². The molecule has 1 aliphatic rings. The van der Waals surface area contributed by atoms with Crippen LogP contribution in [0.25, 0.3) is 10.8 Å². The molecule has 1 aliphatic carbocycles. The van der Waals surface area contributed by atoms with Crippen molar-refractivity contribution in [3.05, 3.63) is 69.9 Å². The average molecular weight is 292 g/mol. The number of rotatable bonds is 2. The minimum absolute atomic E-state index is 0.0470. The van der Waals surface area contributed by atoms with Crippen LogP contribution in [-0.4, -0.2) is 5.78 Å². The first-order valence-electron chi connectivity index (χ1n) is 7.43. The van der Waals surface area contributed by atoms with Gasteiger partial charge >= 0.3 is 0 Å². The van der Waals surface area contributed by atoms with Crippen molar-refractivity contribution in [1.29, 1.82) is 0 Å². The van der Waals surface area contributed by atoms with Crippen molar-refractivity contribution in [2.75, 3.05) is 0 Å². The molecule has 0 spiro atoms. The fourth-order valence-electron chi connectivity index (χ4n) is 3.39. The largest absolute Gasteiger partial charge is 0.293 e. The highest BCUT2D eigenvalue weighted by Gasteiger charge is 2.28. The quantitative estimate of drug-likeness (QED) is 0.593. The lowest BCUT2D eigenvalue weighted by Crippen LogP contribution is -2.17. The lowest BCUT2D eigenvalue weighted by Gasteiger charge is -2.22. The Labute approximate surface area is 128 Å². The molecule has 0 amide bonds. The number of aryl methyl sites for hydroxylation is 1. The van der Waals surface area contributed by atoms with E-state index in [1.807, 2.05) is 24.3 Å². The summed E-state index contributed by atoms with van der Waals surface area (Å²) >= 11 is 1.79. The van der Waals surface area contributed by atoms with Crippen molar-refractivity contribution in [3.63, 3.8) is 0 Å². The molecule has 1 nitrogen and oxygen atoms in total. The number of fused-ring (bicyclic) bond motifs is 2. The van der Waals surface area contributed by atoms with Crippen molar-refractivity contribution in [3.8, 4) is 0 Å². The van der Waals surface area contributed by atoms with Crippen molar-refractivity contribution in [2.24, 2.45) is 0 Å². The summed E-state index contributed by atoms with van der Waals surface area (Å²) in [6, 6.07) is 16.3. The van der Waals surface area contributed by atoms with Crippen LogP contribution < -0.4 is 0 Å². The maximum absolute atomic E-state index is 13.1. The lowest BCUT2D eigenvalue weighted by atomic mass is 9.81. The van der Waals surface area contributed by atoms with Crippen LogP contribution in [0, 0.1) is 0 Å². The molecule has 0 N–H and O–H groups in total. The van der Waals surface area contributed by atoms with Crippen LogP contribution in [0.15, 0.2) is 53.9 Å². The lowest BCUT2D eigenvalue weighted by molar-refractivity contribution is 0.0953. The van der Waals surface area contributed by atoms with Crippen LogP contribution >= 0.6 is 11.3 Å². The summed E-state index contributed by atoms with van der Waals surface area (Å²) in [6.45, 7) is 0. The van der Waals surface area contributed by atoms with E-state index in [1.165, 1.54) is 10.4 Å². The van der Waals surface area contributed by atoms with Gasteiger partial charge in [-0.25, -0.2) is 0 Å². The predicted octanol–water partition coefficient (Wildman–Crippen LogP) is 5.20. The van der Waals surface area contributed by atoms with Crippen LogP contribution in [0.3, 0.4) is 0 Å². The molecule has 3 aromatic rings. The first-order chi connectivity index (χ1) is 10.3. The molecular weight excluding hydrogens is 276 g/mol. The maximum atomic E-state index is 13.1. The maximum Gasteiger partial charge on any atom is 0.170 e. The smallest absolute Gasteiger partial charge is 0.170 e. The van der Waals surface area contributed by atoms with Gasteiger partial charge in [-0.3, -0.25) is 4.79 Å². The van der Waals surface area contributed by atoms with Gasteiger partial charge in [0, 0.05) is 16.4 Å². The van der Waals surface area contributed by atoms with Gasteiger partial charge in [0.05, 0.1) is 0 Å². The van der Waals surface area contributed by atoms with E-state index in [0.29, 0.717) is 0 Å². The van der Waals surface area contributed by atoms with Crippen molar-refractivity contribution >= 4 is 27.9 Å². The van der Waals surface area contributed by atoms with Crippen molar-refractivity contribution in [2.45, 2.75) is 25.2 Å². The third-order valence-corrected chi connectivity index (χ3v) is 5.42. The highest BCUT2D eigenvalue weighted by Crippen LogP contribution is 2.37. The highest BCUT2D eigenvalue weighted by atomic mass is 32.1. The second-order valence-corrected chi connectivity index (χ2v) is 6.64. The first kappa shape index (κ1) is 12.8. The van der Waals surface area contributed by atoms with Crippen LogP contribution in [0.1, 0.15) is 39.6 Å². The van der Waals surface area contributed by atoms with Gasteiger partial charge in [0.2, 0.25) is 0 Å². The Kier molecular flexibility index (Phi) is 3.12. The summed E-state index contributed by atoms with van der Waals surface area (Å²) in [6.07, 6.45) is 3.23. The molecule has 0 bridgehead atoms. The molecule has 1 atom stereocenters. The van der Waals surface area contributed by atoms with Crippen molar-refractivity contribution < 1.29 is 4.79 Å². The monoisotopic (exact) mass is 292 g/mol. The van der Waals surface area contributed by atoms with Crippen LogP contribution in [0.5, 0.6) is 0 Å². The summed E-state index contributed by atoms with van der Waals surface area (Å²) in [7, 11) is 0. The van der Waals surface area contributed by atoms with E-state index in [0.717, 1.165) is 35.6 Å². The van der Waals surface area contributed by atoms with Gasteiger partial charge in [0.25, 0.3) is 0 Å². The minimum Gasteiger partial charge on any atom is -0.293 e. The van der Waals surface area contributed by atoms with Crippen molar-refractivity contribution in [1.82, 2.24) is 0 Å². The molecular formula is C19H16OS. The molecule has 1 aromatic heterocycles. The summed E-state index contributed by atoms with van der Waals surface area (Å²) < 4.78 is 0. The summed E-state index contributed by atoms with van der Waals surface area (Å²) in [5.41, 5.74) is 2.14. The van der Waals surface area contributed by atoms with E-state index in [4.69, 9.17) is 0 Å². The zero-order chi connectivity index (χ0) is 14.2. The molecule has 0 fully saturated rings. The minimum atomic E-state index is 0.0470. The third kappa shape index (κ3) is 2.11. The fraction of sp³-hybridized carbons (Fsp3) is 0.211. The predicted molar refractivity (Wildman–Crippen MR) is 88.3 cm³/mol. The van der Waals surface area contributed by atoms with Gasteiger partial charge in [-0.1, -0.05) is 42.5 Å². The normalized spacial score (nSPS) is 17.6. The van der Waals surface area contributed by atoms with Gasteiger partial charge in [-0.05, 0) is 47.0 Å². The van der Waals surface area contributed by atoms with E-state index in [2.05, 4.69) is 29.6 Å². The number of carbonyl (C=O) groups is 1. The average Bonchev–Trinajstić information content (AvgIpc) is 3.02. The molecule has 0 radical (unpaired) electrons. The highest BCUT2D eigenvalue weighted by molar-refractivity contribution is 7.10. The first-order valence-corrected chi connectivity index (χ1v) is 8.31. The van der Waals surface area contributed by atoms with E-state index in [-0.39, 0.29) is 11.7 Å². The van der Waals surface area contributed by atoms with E-state index in [9.17, 15) is 4.79 Å². The van der Waals surface area contributed by atoms with Gasteiger partial charge in [0.15, 0.2) is 5.78 Å². The van der Waals surface area contributed by atoms with Crippen LogP contribution in [0.4, 0.5) is 0 Å². The Hall–Kier alpha value is -1.93. The Morgan fingerprint density at radius 2 is 1.90 bits per heavy atom. The molecule has 1 unspecified atom stereocenters. The number of thiophene rings is 1. The van der Waals surface area contributed by atoms with E-state index >= 15 is 0 Å². The molecule has 1 heterocycles. The Morgan fingerprint density at radius 1 is 1.05 bits per heavy atom. The fourth-order valence-corrected chi connectivity index (χ4v) is 4.37. The van der Waals surface area contributed by atoms with Crippen LogP contribution in [-0.2, 0) is 6.42 Å². The summed E-state index contributed by atoms with van der Waals surface area (Å²) in [4.78, 5) is 14.5. The number of ketones is 1. The number of hydrogen-bond donors (Lipinski definition) is 0. The molecule has 0 saturated heterocycles. The van der Waals surface area contributed by atoms with E-state index < -0.39 is 0 Å². The SMILES string of the molecule is O=C(c1cccc2ccccc12)C1CCCc2sccc21. The summed E-state index contributed by atoms with van der Waals surface area (Å²) in [5.74, 6) is 0.331. The molecule has 104 valence electrons. The molecule has 2 heteroatoms. The Bertz CT molecular complexity index is 810. The van der Waals surface area contributed by atoms with Crippen LogP contribution in [0.2, 0.25) is 0 Å². The standard InChI is InChI=1S/C19H16OS/c20-19(17-9-4-10-18-15(17)11-12-21-18)16-8-3-6-13-5-1-2-7-14(13)16/h1-3,5-8,11-12,17H,4,9-10H2. The van der Waals surface area contributed by atoms with Gasteiger partial charge in [-0.15, -0.1) is 11.3 Å². The van der Waals surface area contributed by atoms with Gasteiger partial charge in [0.1, 0.15) is 0 Å².